The molecule has 0 bridgehead atoms. The van der Waals surface area contributed by atoms with Gasteiger partial charge in [-0.3, -0.25) is 4.99 Å². The molecule has 1 aromatic heterocycles. The van der Waals surface area contributed by atoms with Crippen LogP contribution in [0.15, 0.2) is 47.6 Å². The monoisotopic (exact) mass is 399 g/mol. The third-order valence-corrected chi connectivity index (χ3v) is 4.86. The summed E-state index contributed by atoms with van der Waals surface area (Å²) in [5.41, 5.74) is 2.34. The molecule has 2 aromatic rings. The van der Waals surface area contributed by atoms with E-state index < -0.39 is 0 Å². The highest BCUT2D eigenvalue weighted by Gasteiger charge is 2.25. The Morgan fingerprint density at radius 3 is 2.72 bits per heavy atom. The van der Waals surface area contributed by atoms with Crippen molar-refractivity contribution in [3.63, 3.8) is 0 Å². The summed E-state index contributed by atoms with van der Waals surface area (Å²) >= 11 is 0. The fraction of sp³-hybridized carbons (Fsp3) is 0.455. The molecule has 29 heavy (non-hydrogen) atoms. The lowest BCUT2D eigenvalue weighted by molar-refractivity contribution is 0.0657. The van der Waals surface area contributed by atoms with Gasteiger partial charge in [0.1, 0.15) is 0 Å². The average molecular weight is 400 g/mol. The number of ether oxygens (including phenoxy) is 1. The summed E-state index contributed by atoms with van der Waals surface area (Å²) in [6, 6.07) is 11.6. The Morgan fingerprint density at radius 1 is 1.28 bits per heavy atom. The minimum absolute atomic E-state index is 0.193. The maximum Gasteiger partial charge on any atom is 0.191 e. The van der Waals surface area contributed by atoms with Crippen molar-refractivity contribution in [3.05, 3.63) is 59.5 Å². The van der Waals surface area contributed by atoms with Gasteiger partial charge in [-0.2, -0.15) is 0 Å². The topological polar surface area (TPSA) is 61.8 Å². The highest BCUT2D eigenvalue weighted by molar-refractivity contribution is 5.80. The van der Waals surface area contributed by atoms with Crippen LogP contribution in [0.2, 0.25) is 0 Å². The van der Waals surface area contributed by atoms with E-state index in [9.17, 15) is 4.39 Å². The molecule has 0 spiro atoms. The second-order valence-electron chi connectivity index (χ2n) is 7.49. The van der Waals surface area contributed by atoms with Crippen molar-refractivity contribution >= 4 is 11.8 Å². The van der Waals surface area contributed by atoms with Crippen molar-refractivity contribution in [2.45, 2.75) is 45.6 Å². The van der Waals surface area contributed by atoms with Crippen molar-refractivity contribution in [3.8, 4) is 0 Å². The van der Waals surface area contributed by atoms with Crippen molar-refractivity contribution < 1.29 is 9.13 Å². The van der Waals surface area contributed by atoms with Crippen molar-refractivity contribution in [2.24, 2.45) is 4.99 Å². The Bertz CT molecular complexity index is 809. The van der Waals surface area contributed by atoms with E-state index in [1.165, 1.54) is 11.6 Å². The number of aliphatic imine (C=N–C) groups is 1. The summed E-state index contributed by atoms with van der Waals surface area (Å²) in [7, 11) is 1.76. The molecular formula is C22H30FN5O. The average Bonchev–Trinajstić information content (AvgIpc) is 3.19. The molecule has 2 heterocycles. The van der Waals surface area contributed by atoms with Gasteiger partial charge in [0.15, 0.2) is 17.6 Å². The van der Waals surface area contributed by atoms with E-state index in [2.05, 4.69) is 44.9 Å². The van der Waals surface area contributed by atoms with Gasteiger partial charge in [0.2, 0.25) is 0 Å². The van der Waals surface area contributed by atoms with Crippen LogP contribution in [0, 0.1) is 5.82 Å². The first-order chi connectivity index (χ1) is 14.0. The largest absolute Gasteiger partial charge is 0.374 e. The van der Waals surface area contributed by atoms with Crippen LogP contribution in [0.25, 0.3) is 0 Å². The number of hydrogen-bond donors (Lipinski definition) is 2. The van der Waals surface area contributed by atoms with Crippen LogP contribution in [0.1, 0.15) is 31.4 Å². The maximum atomic E-state index is 14.0. The van der Waals surface area contributed by atoms with Crippen LogP contribution >= 0.6 is 0 Å². The van der Waals surface area contributed by atoms with Gasteiger partial charge in [0.05, 0.1) is 12.7 Å². The second kappa shape index (κ2) is 10.2. The first-order valence-corrected chi connectivity index (χ1v) is 10.1. The van der Waals surface area contributed by atoms with Gasteiger partial charge in [-0.1, -0.05) is 24.3 Å². The summed E-state index contributed by atoms with van der Waals surface area (Å²) < 4.78 is 19.6. The van der Waals surface area contributed by atoms with E-state index in [1.54, 1.807) is 19.3 Å². The Balaban J connectivity index is 1.47. The van der Waals surface area contributed by atoms with E-state index in [0.717, 1.165) is 24.5 Å². The fourth-order valence-electron chi connectivity index (χ4n) is 3.27. The molecule has 1 aromatic carbocycles. The summed E-state index contributed by atoms with van der Waals surface area (Å²) in [4.78, 5) is 10.5. The molecule has 1 fully saturated rings. The molecule has 7 heteroatoms. The fourth-order valence-corrected chi connectivity index (χ4v) is 3.27. The zero-order chi connectivity index (χ0) is 20.6. The van der Waals surface area contributed by atoms with Gasteiger partial charge in [0, 0.05) is 38.9 Å². The maximum absolute atomic E-state index is 14.0. The third-order valence-electron chi connectivity index (χ3n) is 4.86. The Morgan fingerprint density at radius 2 is 2.03 bits per heavy atom. The zero-order valence-corrected chi connectivity index (χ0v) is 17.4. The number of aromatic nitrogens is 1. The van der Waals surface area contributed by atoms with Crippen LogP contribution < -0.4 is 15.5 Å². The van der Waals surface area contributed by atoms with Gasteiger partial charge < -0.3 is 20.3 Å². The lowest BCUT2D eigenvalue weighted by Crippen LogP contribution is -2.44. The zero-order valence-electron chi connectivity index (χ0n) is 17.4. The standard InChI is InChI=1S/C22H30FN5O/c1-16(2)29-15-18-8-6-17(7-9-18)13-26-22(24-3)27-19-10-12-28(14-19)21-20(23)5-4-11-25-21/h4-9,11,16,19H,10,12-15H2,1-3H3,(H2,24,26,27). The first-order valence-electron chi connectivity index (χ1n) is 10.1. The van der Waals surface area contributed by atoms with Crippen molar-refractivity contribution in [1.82, 2.24) is 15.6 Å². The molecule has 1 aliphatic rings. The van der Waals surface area contributed by atoms with E-state index in [-0.39, 0.29) is 18.0 Å². The molecule has 156 valence electrons. The highest BCUT2D eigenvalue weighted by atomic mass is 19.1. The van der Waals surface area contributed by atoms with Gasteiger partial charge in [-0.15, -0.1) is 0 Å². The summed E-state index contributed by atoms with van der Waals surface area (Å²) in [6.07, 6.45) is 2.76. The van der Waals surface area contributed by atoms with Gasteiger partial charge >= 0.3 is 0 Å². The minimum atomic E-state index is -0.280. The Labute approximate surface area is 172 Å². The number of pyridine rings is 1. The lowest BCUT2D eigenvalue weighted by atomic mass is 10.1. The SMILES string of the molecule is CN=C(NCc1ccc(COC(C)C)cc1)NC1CCN(c2ncccc2F)C1. The molecule has 3 rings (SSSR count). The molecule has 6 nitrogen and oxygen atoms in total. The molecule has 0 aliphatic carbocycles. The van der Waals surface area contributed by atoms with Crippen molar-refractivity contribution in [1.29, 1.82) is 0 Å². The predicted octanol–water partition coefficient (Wildman–Crippen LogP) is 3.09. The van der Waals surface area contributed by atoms with Crippen LogP contribution in [0.4, 0.5) is 10.2 Å². The Kier molecular flexibility index (Phi) is 7.41. The number of halogens is 1. The predicted molar refractivity (Wildman–Crippen MR) is 115 cm³/mol. The number of nitrogens with zero attached hydrogens (tertiary/aromatic N) is 3. The van der Waals surface area contributed by atoms with Gasteiger partial charge in [-0.25, -0.2) is 9.37 Å². The Hall–Kier alpha value is -2.67. The molecule has 0 radical (unpaired) electrons. The molecule has 1 saturated heterocycles. The van der Waals surface area contributed by atoms with Crippen LogP contribution in [0.3, 0.4) is 0 Å². The second-order valence-corrected chi connectivity index (χ2v) is 7.49. The summed E-state index contributed by atoms with van der Waals surface area (Å²) in [5, 5.41) is 6.77. The molecular weight excluding hydrogens is 369 g/mol. The van der Waals surface area contributed by atoms with E-state index in [0.29, 0.717) is 25.5 Å². The van der Waals surface area contributed by atoms with Gasteiger partial charge in [-0.05, 0) is 43.5 Å². The quantitative estimate of drug-likeness (QED) is 0.553. The third kappa shape index (κ3) is 6.15. The van der Waals surface area contributed by atoms with Crippen molar-refractivity contribution in [2.75, 3.05) is 25.0 Å². The number of benzene rings is 1. The van der Waals surface area contributed by atoms with E-state index in [4.69, 9.17) is 4.74 Å². The minimum Gasteiger partial charge on any atom is -0.374 e. The first kappa shape index (κ1) is 21.0. The van der Waals surface area contributed by atoms with Gasteiger partial charge in [0.25, 0.3) is 0 Å². The molecule has 0 saturated carbocycles. The summed E-state index contributed by atoms with van der Waals surface area (Å²) in [5.74, 6) is 0.879. The van der Waals surface area contributed by atoms with Crippen LogP contribution in [0.5, 0.6) is 0 Å². The highest BCUT2D eigenvalue weighted by Crippen LogP contribution is 2.20. The number of anilines is 1. The van der Waals surface area contributed by atoms with Crippen LogP contribution in [-0.4, -0.2) is 43.2 Å². The number of guanidine groups is 1. The molecule has 1 atom stereocenters. The number of hydrogen-bond acceptors (Lipinski definition) is 4. The lowest BCUT2D eigenvalue weighted by Gasteiger charge is -2.20. The normalized spacial score (nSPS) is 17.1. The van der Waals surface area contributed by atoms with Crippen LogP contribution in [-0.2, 0) is 17.9 Å². The number of rotatable bonds is 7. The molecule has 1 unspecified atom stereocenters. The smallest absolute Gasteiger partial charge is 0.191 e. The molecule has 0 amide bonds. The van der Waals surface area contributed by atoms with E-state index >= 15 is 0 Å². The molecule has 2 N–H and O–H groups in total. The summed E-state index contributed by atoms with van der Waals surface area (Å²) in [6.45, 7) is 6.84. The molecule has 1 aliphatic heterocycles. The number of nitrogens with one attached hydrogen (secondary N) is 2. The van der Waals surface area contributed by atoms with E-state index in [1.807, 2.05) is 18.7 Å².